The Kier molecular flexibility index (Phi) is 4.66. The molecule has 20 heavy (non-hydrogen) atoms. The van der Waals surface area contributed by atoms with E-state index in [1.54, 1.807) is 12.1 Å². The van der Waals surface area contributed by atoms with Crippen molar-refractivity contribution in [2.45, 2.75) is 26.2 Å². The van der Waals surface area contributed by atoms with Crippen LogP contribution in [0.4, 0.5) is 13.2 Å². The third kappa shape index (κ3) is 3.53. The van der Waals surface area contributed by atoms with E-state index in [9.17, 15) is 13.2 Å². The van der Waals surface area contributed by atoms with Gasteiger partial charge in [0.25, 0.3) is 6.43 Å². The highest BCUT2D eigenvalue weighted by Gasteiger charge is 2.15. The van der Waals surface area contributed by atoms with Crippen LogP contribution in [0.25, 0.3) is 0 Å². The fourth-order valence-corrected chi connectivity index (χ4v) is 1.92. The molecule has 0 fully saturated rings. The topological polar surface area (TPSA) is 9.23 Å². The Bertz CT molecular complexity index is 564. The summed E-state index contributed by atoms with van der Waals surface area (Å²) in [5, 5.41) is 0. The molecule has 106 valence electrons. The summed E-state index contributed by atoms with van der Waals surface area (Å²) in [7, 11) is 0. The molecular formula is C16H15F3O. The Morgan fingerprint density at radius 3 is 2.35 bits per heavy atom. The summed E-state index contributed by atoms with van der Waals surface area (Å²) < 4.78 is 44.1. The average Bonchev–Trinajstić information content (AvgIpc) is 2.43. The monoisotopic (exact) mass is 280 g/mol. The van der Waals surface area contributed by atoms with Crippen molar-refractivity contribution in [1.29, 1.82) is 0 Å². The molecule has 0 spiro atoms. The van der Waals surface area contributed by atoms with E-state index in [4.69, 9.17) is 4.74 Å². The summed E-state index contributed by atoms with van der Waals surface area (Å²) in [5.41, 5.74) is 0.718. The van der Waals surface area contributed by atoms with Crippen molar-refractivity contribution in [2.24, 2.45) is 0 Å². The van der Waals surface area contributed by atoms with Gasteiger partial charge in [-0.05, 0) is 42.3 Å². The highest BCUT2D eigenvalue weighted by Crippen LogP contribution is 2.33. The van der Waals surface area contributed by atoms with Gasteiger partial charge < -0.3 is 4.74 Å². The van der Waals surface area contributed by atoms with Crippen LogP contribution in [0.1, 0.15) is 30.9 Å². The Labute approximate surface area is 116 Å². The van der Waals surface area contributed by atoms with Gasteiger partial charge in [0.15, 0.2) is 0 Å². The standard InChI is InChI=1S/C16H15F3O/c1-2-3-11-4-7-13(8-5-11)20-15-9-6-12(17)10-14(15)16(18)19/h4-10,16H,2-3H2,1H3. The van der Waals surface area contributed by atoms with E-state index in [1.807, 2.05) is 12.1 Å². The number of alkyl halides is 2. The number of benzene rings is 2. The van der Waals surface area contributed by atoms with Crippen molar-refractivity contribution < 1.29 is 17.9 Å². The second kappa shape index (κ2) is 6.46. The summed E-state index contributed by atoms with van der Waals surface area (Å²) in [6, 6.07) is 10.4. The van der Waals surface area contributed by atoms with E-state index in [0.29, 0.717) is 5.75 Å². The first-order valence-corrected chi connectivity index (χ1v) is 6.44. The van der Waals surface area contributed by atoms with Crippen molar-refractivity contribution in [1.82, 2.24) is 0 Å². The summed E-state index contributed by atoms with van der Waals surface area (Å²) in [6.07, 6.45) is -0.785. The minimum atomic E-state index is -2.78. The summed E-state index contributed by atoms with van der Waals surface area (Å²) >= 11 is 0. The fraction of sp³-hybridized carbons (Fsp3) is 0.250. The molecule has 0 radical (unpaired) electrons. The normalized spacial score (nSPS) is 10.8. The van der Waals surface area contributed by atoms with Gasteiger partial charge in [0.05, 0.1) is 5.56 Å². The fourth-order valence-electron chi connectivity index (χ4n) is 1.92. The Morgan fingerprint density at radius 1 is 1.05 bits per heavy atom. The van der Waals surface area contributed by atoms with E-state index < -0.39 is 17.8 Å². The van der Waals surface area contributed by atoms with Gasteiger partial charge in [-0.25, -0.2) is 13.2 Å². The molecule has 0 amide bonds. The molecule has 0 atom stereocenters. The first-order valence-electron chi connectivity index (χ1n) is 6.44. The van der Waals surface area contributed by atoms with E-state index in [0.717, 1.165) is 30.5 Å². The molecular weight excluding hydrogens is 265 g/mol. The molecule has 2 rings (SSSR count). The lowest BCUT2D eigenvalue weighted by Crippen LogP contribution is -1.94. The predicted octanol–water partition coefficient (Wildman–Crippen LogP) is 5.51. The molecule has 2 aromatic rings. The molecule has 0 aromatic heterocycles. The molecule has 0 aliphatic carbocycles. The van der Waals surface area contributed by atoms with Gasteiger partial charge in [-0.3, -0.25) is 0 Å². The molecule has 0 aliphatic heterocycles. The lowest BCUT2D eigenvalue weighted by molar-refractivity contribution is 0.147. The first kappa shape index (κ1) is 14.4. The molecule has 1 nitrogen and oxygen atoms in total. The van der Waals surface area contributed by atoms with Crippen LogP contribution in [0.15, 0.2) is 42.5 Å². The maximum atomic E-state index is 13.0. The van der Waals surface area contributed by atoms with Crippen LogP contribution < -0.4 is 4.74 Å². The van der Waals surface area contributed by atoms with Gasteiger partial charge in [-0.1, -0.05) is 25.5 Å². The average molecular weight is 280 g/mol. The lowest BCUT2D eigenvalue weighted by atomic mass is 10.1. The second-order valence-electron chi connectivity index (χ2n) is 4.48. The van der Waals surface area contributed by atoms with E-state index in [-0.39, 0.29) is 5.75 Å². The van der Waals surface area contributed by atoms with Crippen LogP contribution >= 0.6 is 0 Å². The molecule has 0 heterocycles. The van der Waals surface area contributed by atoms with Gasteiger partial charge in [0.1, 0.15) is 17.3 Å². The highest BCUT2D eigenvalue weighted by atomic mass is 19.3. The van der Waals surface area contributed by atoms with E-state index >= 15 is 0 Å². The largest absolute Gasteiger partial charge is 0.457 e. The number of halogens is 3. The quantitative estimate of drug-likeness (QED) is 0.701. The SMILES string of the molecule is CCCc1ccc(Oc2ccc(F)cc2C(F)F)cc1. The maximum absolute atomic E-state index is 13.0. The highest BCUT2D eigenvalue weighted by molar-refractivity contribution is 5.39. The first-order chi connectivity index (χ1) is 9.60. The Hall–Kier alpha value is -1.97. The second-order valence-corrected chi connectivity index (χ2v) is 4.48. The van der Waals surface area contributed by atoms with Crippen molar-refractivity contribution in [3.8, 4) is 11.5 Å². The number of aryl methyl sites for hydroxylation is 1. The van der Waals surface area contributed by atoms with E-state index in [1.165, 1.54) is 6.07 Å². The van der Waals surface area contributed by atoms with Crippen LogP contribution in [-0.4, -0.2) is 0 Å². The molecule has 2 aromatic carbocycles. The van der Waals surface area contributed by atoms with Crippen molar-refractivity contribution in [3.63, 3.8) is 0 Å². The molecule has 0 bridgehead atoms. The zero-order valence-electron chi connectivity index (χ0n) is 11.1. The zero-order chi connectivity index (χ0) is 14.5. The van der Waals surface area contributed by atoms with Gasteiger partial charge in [-0.2, -0.15) is 0 Å². The molecule has 0 saturated carbocycles. The maximum Gasteiger partial charge on any atom is 0.267 e. The van der Waals surface area contributed by atoms with Gasteiger partial charge in [-0.15, -0.1) is 0 Å². The number of hydrogen-bond acceptors (Lipinski definition) is 1. The smallest absolute Gasteiger partial charge is 0.267 e. The minimum absolute atomic E-state index is 0.0235. The molecule has 4 heteroatoms. The number of rotatable bonds is 5. The van der Waals surface area contributed by atoms with Crippen molar-refractivity contribution >= 4 is 0 Å². The van der Waals surface area contributed by atoms with E-state index in [2.05, 4.69) is 6.92 Å². The third-order valence-electron chi connectivity index (χ3n) is 2.90. The van der Waals surface area contributed by atoms with Crippen molar-refractivity contribution in [3.05, 3.63) is 59.4 Å². The van der Waals surface area contributed by atoms with Gasteiger partial charge in [0.2, 0.25) is 0 Å². The van der Waals surface area contributed by atoms with Crippen LogP contribution in [0.5, 0.6) is 11.5 Å². The zero-order valence-corrected chi connectivity index (χ0v) is 11.1. The van der Waals surface area contributed by atoms with Gasteiger partial charge >= 0.3 is 0 Å². The number of hydrogen-bond donors (Lipinski definition) is 0. The predicted molar refractivity (Wildman–Crippen MR) is 71.9 cm³/mol. The molecule has 0 saturated heterocycles. The Balaban J connectivity index is 2.21. The summed E-state index contributed by atoms with van der Waals surface area (Å²) in [6.45, 7) is 2.08. The lowest BCUT2D eigenvalue weighted by Gasteiger charge is -2.11. The summed E-state index contributed by atoms with van der Waals surface area (Å²) in [5.74, 6) is -0.269. The minimum Gasteiger partial charge on any atom is -0.457 e. The van der Waals surface area contributed by atoms with Crippen LogP contribution in [0, 0.1) is 5.82 Å². The van der Waals surface area contributed by atoms with Crippen LogP contribution in [0.3, 0.4) is 0 Å². The Morgan fingerprint density at radius 2 is 1.75 bits per heavy atom. The number of ether oxygens (including phenoxy) is 1. The summed E-state index contributed by atoms with van der Waals surface area (Å²) in [4.78, 5) is 0. The van der Waals surface area contributed by atoms with Crippen molar-refractivity contribution in [2.75, 3.05) is 0 Å². The molecule has 0 N–H and O–H groups in total. The van der Waals surface area contributed by atoms with Crippen LogP contribution in [0.2, 0.25) is 0 Å². The van der Waals surface area contributed by atoms with Crippen LogP contribution in [-0.2, 0) is 6.42 Å². The molecule has 0 aliphatic rings. The van der Waals surface area contributed by atoms with Gasteiger partial charge in [0, 0.05) is 0 Å². The molecule has 0 unspecified atom stereocenters. The third-order valence-corrected chi connectivity index (χ3v) is 2.90.